The zero-order chi connectivity index (χ0) is 15.7. The lowest BCUT2D eigenvalue weighted by molar-refractivity contribution is -0.145. The van der Waals surface area contributed by atoms with Gasteiger partial charge in [0.15, 0.2) is 0 Å². The van der Waals surface area contributed by atoms with Crippen LogP contribution < -0.4 is 5.32 Å². The first-order valence-corrected chi connectivity index (χ1v) is 8.00. The van der Waals surface area contributed by atoms with E-state index in [9.17, 15) is 4.79 Å². The first-order valence-electron chi connectivity index (χ1n) is 8.00. The molecule has 1 unspecified atom stereocenters. The lowest BCUT2D eigenvalue weighted by Gasteiger charge is -2.35. The Morgan fingerprint density at radius 2 is 1.76 bits per heavy atom. The van der Waals surface area contributed by atoms with E-state index in [1.807, 2.05) is 14.0 Å². The number of esters is 1. The Bertz CT molecular complexity index is 291. The minimum absolute atomic E-state index is 0.135. The molecule has 21 heavy (non-hydrogen) atoms. The normalized spacial score (nSPS) is 18.9. The van der Waals surface area contributed by atoms with Crippen LogP contribution in [-0.2, 0) is 9.53 Å². The lowest BCUT2D eigenvalue weighted by atomic mass is 10.2. The van der Waals surface area contributed by atoms with Crippen LogP contribution in [0.25, 0.3) is 0 Å². The molecular weight excluding hydrogens is 268 g/mol. The summed E-state index contributed by atoms with van der Waals surface area (Å²) in [7, 11) is 6.05. The van der Waals surface area contributed by atoms with Crippen LogP contribution in [0.1, 0.15) is 13.3 Å². The van der Waals surface area contributed by atoms with Crippen LogP contribution in [0.15, 0.2) is 0 Å². The number of rotatable bonds is 9. The molecular formula is C15H32N4O2. The molecule has 1 rings (SSSR count). The molecule has 1 saturated heterocycles. The van der Waals surface area contributed by atoms with E-state index < -0.39 is 0 Å². The summed E-state index contributed by atoms with van der Waals surface area (Å²) in [5.74, 6) is -0.135. The van der Waals surface area contributed by atoms with E-state index in [1.54, 1.807) is 0 Å². The predicted octanol–water partition coefficient (Wildman–Crippen LogP) is -0.293. The third-order valence-corrected chi connectivity index (χ3v) is 3.98. The Balaban J connectivity index is 2.21. The predicted molar refractivity (Wildman–Crippen MR) is 85.5 cm³/mol. The standard InChI is InChI=1S/C15H32N4O2/c1-5-21-15(20)14(16-2)6-7-18-10-12-19(13-11-18)9-8-17(3)4/h14,16H,5-13H2,1-4H3. The van der Waals surface area contributed by atoms with E-state index in [-0.39, 0.29) is 12.0 Å². The second kappa shape index (κ2) is 10.1. The molecule has 0 aliphatic carbocycles. The number of carbonyl (C=O) groups excluding carboxylic acids is 1. The van der Waals surface area contributed by atoms with Gasteiger partial charge in [-0.15, -0.1) is 0 Å². The average Bonchev–Trinajstić information content (AvgIpc) is 2.47. The van der Waals surface area contributed by atoms with Crippen molar-refractivity contribution in [1.29, 1.82) is 0 Å². The van der Waals surface area contributed by atoms with Crippen LogP contribution in [0.2, 0.25) is 0 Å². The van der Waals surface area contributed by atoms with E-state index in [2.05, 4.69) is 34.1 Å². The van der Waals surface area contributed by atoms with Crippen LogP contribution in [0, 0.1) is 0 Å². The highest BCUT2D eigenvalue weighted by Crippen LogP contribution is 2.05. The number of ether oxygens (including phenoxy) is 1. The number of likely N-dealkylation sites (N-methyl/N-ethyl adjacent to an activating group) is 2. The topological polar surface area (TPSA) is 48.1 Å². The van der Waals surface area contributed by atoms with Gasteiger partial charge in [-0.05, 0) is 34.5 Å². The third kappa shape index (κ3) is 7.22. The van der Waals surface area contributed by atoms with Crippen LogP contribution in [-0.4, -0.2) is 100 Å². The van der Waals surface area contributed by atoms with Crippen molar-refractivity contribution in [3.05, 3.63) is 0 Å². The maximum Gasteiger partial charge on any atom is 0.323 e. The van der Waals surface area contributed by atoms with Gasteiger partial charge in [-0.25, -0.2) is 0 Å². The molecule has 0 saturated carbocycles. The highest BCUT2D eigenvalue weighted by Gasteiger charge is 2.21. The van der Waals surface area contributed by atoms with E-state index in [0.29, 0.717) is 6.61 Å². The van der Waals surface area contributed by atoms with Gasteiger partial charge in [0.25, 0.3) is 0 Å². The third-order valence-electron chi connectivity index (χ3n) is 3.98. The minimum Gasteiger partial charge on any atom is -0.465 e. The van der Waals surface area contributed by atoms with Crippen molar-refractivity contribution in [2.24, 2.45) is 0 Å². The molecule has 6 nitrogen and oxygen atoms in total. The van der Waals surface area contributed by atoms with Crippen molar-refractivity contribution in [2.75, 3.05) is 73.6 Å². The first-order chi connectivity index (χ1) is 10.1. The molecule has 0 bridgehead atoms. The minimum atomic E-state index is -0.184. The molecule has 0 radical (unpaired) electrons. The molecule has 1 aliphatic rings. The number of nitrogens with one attached hydrogen (secondary N) is 1. The summed E-state index contributed by atoms with van der Waals surface area (Å²) in [5, 5.41) is 3.05. The van der Waals surface area contributed by atoms with Crippen molar-refractivity contribution < 1.29 is 9.53 Å². The maximum absolute atomic E-state index is 11.7. The highest BCUT2D eigenvalue weighted by molar-refractivity contribution is 5.75. The van der Waals surface area contributed by atoms with Crippen molar-refractivity contribution in [2.45, 2.75) is 19.4 Å². The zero-order valence-corrected chi connectivity index (χ0v) is 14.1. The second-order valence-electron chi connectivity index (χ2n) is 5.87. The Hall–Kier alpha value is -0.690. The molecule has 0 spiro atoms. The van der Waals surface area contributed by atoms with Crippen LogP contribution in [0.5, 0.6) is 0 Å². The molecule has 6 heteroatoms. The van der Waals surface area contributed by atoms with Crippen molar-refractivity contribution >= 4 is 5.97 Å². The lowest BCUT2D eigenvalue weighted by Crippen LogP contribution is -2.49. The molecule has 1 atom stereocenters. The Morgan fingerprint density at radius 3 is 2.24 bits per heavy atom. The van der Waals surface area contributed by atoms with Crippen molar-refractivity contribution in [1.82, 2.24) is 20.0 Å². The number of nitrogens with zero attached hydrogens (tertiary/aromatic N) is 3. The molecule has 0 aromatic carbocycles. The van der Waals surface area contributed by atoms with Gasteiger partial charge in [-0.2, -0.15) is 0 Å². The quantitative estimate of drug-likeness (QED) is 0.591. The summed E-state index contributed by atoms with van der Waals surface area (Å²) in [5.41, 5.74) is 0. The van der Waals surface area contributed by atoms with E-state index in [1.165, 1.54) is 0 Å². The molecule has 0 aromatic heterocycles. The summed E-state index contributed by atoms with van der Waals surface area (Å²) in [6, 6.07) is -0.184. The summed E-state index contributed by atoms with van der Waals surface area (Å²) < 4.78 is 5.07. The fourth-order valence-electron chi connectivity index (χ4n) is 2.51. The molecule has 0 aromatic rings. The Labute approximate surface area is 129 Å². The molecule has 1 fully saturated rings. The van der Waals surface area contributed by atoms with Gasteiger partial charge in [-0.1, -0.05) is 0 Å². The van der Waals surface area contributed by atoms with Gasteiger partial charge >= 0.3 is 5.97 Å². The van der Waals surface area contributed by atoms with Crippen LogP contribution >= 0.6 is 0 Å². The largest absolute Gasteiger partial charge is 0.465 e. The van der Waals surface area contributed by atoms with E-state index in [4.69, 9.17) is 4.74 Å². The summed E-state index contributed by atoms with van der Waals surface area (Å²) in [4.78, 5) is 18.9. The second-order valence-corrected chi connectivity index (χ2v) is 5.87. The van der Waals surface area contributed by atoms with E-state index in [0.717, 1.165) is 52.2 Å². The number of hydrogen-bond donors (Lipinski definition) is 1. The average molecular weight is 300 g/mol. The number of carbonyl (C=O) groups is 1. The molecule has 1 N–H and O–H groups in total. The summed E-state index contributed by atoms with van der Waals surface area (Å²) >= 11 is 0. The van der Waals surface area contributed by atoms with Crippen LogP contribution in [0.4, 0.5) is 0 Å². The van der Waals surface area contributed by atoms with Gasteiger partial charge < -0.3 is 19.9 Å². The number of hydrogen-bond acceptors (Lipinski definition) is 6. The highest BCUT2D eigenvalue weighted by atomic mass is 16.5. The smallest absolute Gasteiger partial charge is 0.323 e. The fourth-order valence-corrected chi connectivity index (χ4v) is 2.51. The zero-order valence-electron chi connectivity index (χ0n) is 14.1. The van der Waals surface area contributed by atoms with Crippen LogP contribution in [0.3, 0.4) is 0 Å². The van der Waals surface area contributed by atoms with Crippen molar-refractivity contribution in [3.8, 4) is 0 Å². The van der Waals surface area contributed by atoms with Crippen molar-refractivity contribution in [3.63, 3.8) is 0 Å². The summed E-state index contributed by atoms with van der Waals surface area (Å²) in [6.07, 6.45) is 0.813. The molecule has 1 aliphatic heterocycles. The molecule has 0 amide bonds. The van der Waals surface area contributed by atoms with Gasteiger partial charge in [0.1, 0.15) is 6.04 Å². The van der Waals surface area contributed by atoms with Gasteiger partial charge in [0.2, 0.25) is 0 Å². The van der Waals surface area contributed by atoms with Gasteiger partial charge in [-0.3, -0.25) is 9.69 Å². The van der Waals surface area contributed by atoms with Gasteiger partial charge in [0, 0.05) is 45.8 Å². The van der Waals surface area contributed by atoms with E-state index >= 15 is 0 Å². The number of piperazine rings is 1. The summed E-state index contributed by atoms with van der Waals surface area (Å²) in [6.45, 7) is 9.92. The fraction of sp³-hybridized carbons (Fsp3) is 0.933. The first kappa shape index (κ1) is 18.4. The molecule has 124 valence electrons. The maximum atomic E-state index is 11.7. The monoisotopic (exact) mass is 300 g/mol. The molecule has 1 heterocycles. The SMILES string of the molecule is CCOC(=O)C(CCN1CCN(CCN(C)C)CC1)NC. The van der Waals surface area contributed by atoms with Gasteiger partial charge in [0.05, 0.1) is 6.61 Å². The Kier molecular flexibility index (Phi) is 8.84. The Morgan fingerprint density at radius 1 is 1.19 bits per heavy atom.